The maximum atomic E-state index is 12.2. The van der Waals surface area contributed by atoms with Crippen molar-refractivity contribution in [1.29, 1.82) is 0 Å². The number of fused-ring (bicyclic) bond motifs is 2. The van der Waals surface area contributed by atoms with E-state index in [0.29, 0.717) is 11.8 Å². The van der Waals surface area contributed by atoms with Gasteiger partial charge in [0.15, 0.2) is 5.13 Å². The summed E-state index contributed by atoms with van der Waals surface area (Å²) in [6.45, 7) is 15.2. The molecule has 0 spiro atoms. The van der Waals surface area contributed by atoms with Crippen LogP contribution in [0.15, 0.2) is 23.6 Å². The van der Waals surface area contributed by atoms with Gasteiger partial charge in [-0.1, -0.05) is 32.4 Å². The molecular weight excluding hydrogens is 436 g/mol. The van der Waals surface area contributed by atoms with E-state index in [4.69, 9.17) is 14.1 Å². The number of methoxy groups -OCH3 is 1. The Morgan fingerprint density at radius 3 is 2.44 bits per heavy atom. The van der Waals surface area contributed by atoms with Gasteiger partial charge in [0.25, 0.3) is 8.32 Å². The van der Waals surface area contributed by atoms with Gasteiger partial charge in [-0.2, -0.15) is 0 Å². The Balaban J connectivity index is 1.59. The van der Waals surface area contributed by atoms with E-state index in [2.05, 4.69) is 69.3 Å². The number of carbonyl (C=O) groups excluding carboxylic acids is 1. The second-order valence-corrected chi connectivity index (χ2v) is 16.5. The third kappa shape index (κ3) is 4.33. The molecule has 7 heteroatoms. The van der Waals surface area contributed by atoms with Crippen molar-refractivity contribution >= 4 is 30.8 Å². The van der Waals surface area contributed by atoms with Crippen LogP contribution < -0.4 is 9.33 Å². The molecule has 0 N–H and O–H groups in total. The van der Waals surface area contributed by atoms with Gasteiger partial charge in [-0.25, -0.2) is 4.98 Å². The summed E-state index contributed by atoms with van der Waals surface area (Å²) in [5.74, 6) is 1.68. The molecule has 1 aliphatic heterocycles. The van der Waals surface area contributed by atoms with E-state index >= 15 is 0 Å². The van der Waals surface area contributed by atoms with E-state index in [9.17, 15) is 4.79 Å². The lowest BCUT2D eigenvalue weighted by molar-refractivity contribution is -0.148. The number of nitrogens with zero attached hydrogens (tertiary/aromatic N) is 2. The lowest BCUT2D eigenvalue weighted by atomic mass is 9.85. The fourth-order valence-corrected chi connectivity index (χ4v) is 6.67. The molecule has 2 aliphatic rings. The van der Waals surface area contributed by atoms with Crippen molar-refractivity contribution in [1.82, 2.24) is 4.98 Å². The Morgan fingerprint density at radius 2 is 1.84 bits per heavy atom. The minimum Gasteiger partial charge on any atom is -0.543 e. The summed E-state index contributed by atoms with van der Waals surface area (Å²) in [5.41, 5.74) is 3.25. The van der Waals surface area contributed by atoms with Crippen molar-refractivity contribution in [3.63, 3.8) is 0 Å². The van der Waals surface area contributed by atoms with Gasteiger partial charge in [0.1, 0.15) is 5.75 Å². The Morgan fingerprint density at radius 1 is 1.19 bits per heavy atom. The Hall–Kier alpha value is -1.86. The molecule has 2 atom stereocenters. The van der Waals surface area contributed by atoms with Crippen molar-refractivity contribution in [3.8, 4) is 17.0 Å². The molecule has 2 bridgehead atoms. The summed E-state index contributed by atoms with van der Waals surface area (Å²) in [5, 5.41) is 3.32. The third-order valence-electron chi connectivity index (χ3n) is 7.65. The van der Waals surface area contributed by atoms with E-state index in [1.807, 2.05) is 0 Å². The van der Waals surface area contributed by atoms with Crippen LogP contribution in [0.25, 0.3) is 11.3 Å². The molecular formula is C25H36N2O3SSi. The molecule has 5 nitrogen and oxygen atoms in total. The van der Waals surface area contributed by atoms with Crippen LogP contribution in [0.2, 0.25) is 18.1 Å². The predicted molar refractivity (Wildman–Crippen MR) is 134 cm³/mol. The van der Waals surface area contributed by atoms with E-state index in [1.54, 1.807) is 11.3 Å². The van der Waals surface area contributed by atoms with E-state index in [0.717, 1.165) is 48.1 Å². The fraction of sp³-hybridized carbons (Fsp3) is 0.600. The SMILES string of the molecule is COC(=O)C1C2CCC1CN(c1nc(-c3cc(C)ccc3O[Si](C)(C)C(C)(C)C)cs1)C2. The van der Waals surface area contributed by atoms with Gasteiger partial charge < -0.3 is 14.1 Å². The summed E-state index contributed by atoms with van der Waals surface area (Å²) in [6.07, 6.45) is 2.20. The van der Waals surface area contributed by atoms with Crippen molar-refractivity contribution in [2.24, 2.45) is 17.8 Å². The lowest BCUT2D eigenvalue weighted by Crippen LogP contribution is -2.45. The minimum absolute atomic E-state index is 0.0378. The van der Waals surface area contributed by atoms with Gasteiger partial charge >= 0.3 is 5.97 Å². The number of ether oxygens (including phenoxy) is 1. The maximum Gasteiger partial charge on any atom is 0.309 e. The van der Waals surface area contributed by atoms with Crippen LogP contribution in [0, 0.1) is 24.7 Å². The van der Waals surface area contributed by atoms with Crippen molar-refractivity contribution in [2.45, 2.75) is 58.7 Å². The summed E-state index contributed by atoms with van der Waals surface area (Å²) in [6, 6.07) is 6.41. The molecule has 1 saturated heterocycles. The number of hydrogen-bond donors (Lipinski definition) is 0. The first-order valence-electron chi connectivity index (χ1n) is 11.6. The number of carbonyl (C=O) groups is 1. The molecule has 0 radical (unpaired) electrons. The number of thiazole rings is 1. The number of esters is 1. The molecule has 2 heterocycles. The molecule has 0 amide bonds. The minimum atomic E-state index is -1.96. The van der Waals surface area contributed by atoms with Crippen molar-refractivity contribution < 1.29 is 14.0 Å². The number of rotatable bonds is 5. The summed E-state index contributed by atoms with van der Waals surface area (Å²) in [4.78, 5) is 19.7. The number of benzene rings is 1. The molecule has 2 fully saturated rings. The summed E-state index contributed by atoms with van der Waals surface area (Å²) < 4.78 is 11.8. The van der Waals surface area contributed by atoms with Gasteiger partial charge in [-0.05, 0) is 61.9 Å². The molecule has 1 aromatic heterocycles. The Bertz CT molecular complexity index is 983. The van der Waals surface area contributed by atoms with Crippen molar-refractivity contribution in [3.05, 3.63) is 29.1 Å². The lowest BCUT2D eigenvalue weighted by Gasteiger charge is -2.37. The average molecular weight is 473 g/mol. The third-order valence-corrected chi connectivity index (χ3v) is 12.9. The normalized spacial score (nSPS) is 23.3. The highest BCUT2D eigenvalue weighted by Gasteiger charge is 2.47. The van der Waals surface area contributed by atoms with Crippen LogP contribution in [-0.4, -0.2) is 39.5 Å². The zero-order valence-electron chi connectivity index (χ0n) is 20.4. The highest BCUT2D eigenvalue weighted by Crippen LogP contribution is 2.45. The monoisotopic (exact) mass is 472 g/mol. The van der Waals surface area contributed by atoms with Crippen LogP contribution in [0.3, 0.4) is 0 Å². The van der Waals surface area contributed by atoms with Crippen LogP contribution in [-0.2, 0) is 9.53 Å². The predicted octanol–water partition coefficient (Wildman–Crippen LogP) is 6.14. The molecule has 1 aliphatic carbocycles. The Kier molecular flexibility index (Phi) is 6.18. The van der Waals surface area contributed by atoms with Crippen molar-refractivity contribution in [2.75, 3.05) is 25.1 Å². The van der Waals surface area contributed by atoms with E-state index in [1.165, 1.54) is 12.7 Å². The fourth-order valence-electron chi connectivity index (χ4n) is 4.79. The second-order valence-electron chi connectivity index (χ2n) is 10.9. The summed E-state index contributed by atoms with van der Waals surface area (Å²) >= 11 is 1.69. The first-order chi connectivity index (χ1) is 15.0. The van der Waals surface area contributed by atoms with Crippen LogP contribution in [0.5, 0.6) is 5.75 Å². The standard InChI is InChI=1S/C25H36N2O3SSi/c1-16-8-11-21(30-32(6,7)25(2,3)4)19(12-16)20-15-31-24(26-20)27-13-17-9-10-18(14-27)22(17)23(28)29-5/h8,11-12,15,17-18,22H,9-10,13-14H2,1-7H3. The van der Waals surface area contributed by atoms with Gasteiger partial charge in [0.05, 0.1) is 18.7 Å². The Labute approximate surface area is 197 Å². The highest BCUT2D eigenvalue weighted by molar-refractivity contribution is 7.14. The number of hydrogen-bond acceptors (Lipinski definition) is 6. The number of aryl methyl sites for hydroxylation is 1. The zero-order chi connectivity index (χ0) is 23.3. The van der Waals surface area contributed by atoms with Gasteiger partial charge in [-0.3, -0.25) is 4.79 Å². The van der Waals surface area contributed by atoms with Gasteiger partial charge in [0, 0.05) is 24.0 Å². The van der Waals surface area contributed by atoms with E-state index < -0.39 is 8.32 Å². The second kappa shape index (κ2) is 8.49. The smallest absolute Gasteiger partial charge is 0.309 e. The first-order valence-corrected chi connectivity index (χ1v) is 15.4. The van der Waals surface area contributed by atoms with Crippen LogP contribution in [0.4, 0.5) is 5.13 Å². The van der Waals surface area contributed by atoms with Crippen LogP contribution >= 0.6 is 11.3 Å². The largest absolute Gasteiger partial charge is 0.543 e. The molecule has 174 valence electrons. The molecule has 1 aromatic carbocycles. The molecule has 2 unspecified atom stereocenters. The zero-order valence-corrected chi connectivity index (χ0v) is 22.2. The number of piperidine rings is 1. The topological polar surface area (TPSA) is 51.7 Å². The number of anilines is 1. The highest BCUT2D eigenvalue weighted by atomic mass is 32.1. The average Bonchev–Trinajstić information content (AvgIpc) is 3.30. The molecule has 32 heavy (non-hydrogen) atoms. The van der Waals surface area contributed by atoms with Crippen LogP contribution in [0.1, 0.15) is 39.2 Å². The number of aromatic nitrogens is 1. The molecule has 4 rings (SSSR count). The summed E-state index contributed by atoms with van der Waals surface area (Å²) in [7, 11) is -0.457. The van der Waals surface area contributed by atoms with E-state index in [-0.39, 0.29) is 16.9 Å². The molecule has 2 aromatic rings. The maximum absolute atomic E-state index is 12.2. The van der Waals surface area contributed by atoms with Gasteiger partial charge in [0.2, 0.25) is 0 Å². The molecule has 1 saturated carbocycles. The quantitative estimate of drug-likeness (QED) is 0.386. The first kappa shape index (κ1) is 23.3. The van der Waals surface area contributed by atoms with Gasteiger partial charge in [-0.15, -0.1) is 11.3 Å².